The van der Waals surface area contributed by atoms with Crippen molar-refractivity contribution >= 4 is 22.5 Å². The first-order valence-electron chi connectivity index (χ1n) is 7.49. The Labute approximate surface area is 134 Å². The van der Waals surface area contributed by atoms with E-state index in [4.69, 9.17) is 0 Å². The summed E-state index contributed by atoms with van der Waals surface area (Å²) in [5.74, 6) is -0.132. The molecule has 0 fully saturated rings. The summed E-state index contributed by atoms with van der Waals surface area (Å²) >= 11 is 0. The molecule has 0 aliphatic rings. The number of para-hydroxylation sites is 2. The average Bonchev–Trinajstić information content (AvgIpc) is 2.58. The van der Waals surface area contributed by atoms with Crippen LogP contribution in [0.1, 0.15) is 5.56 Å². The Morgan fingerprint density at radius 1 is 1.04 bits per heavy atom. The van der Waals surface area contributed by atoms with Gasteiger partial charge in [0.05, 0.1) is 5.52 Å². The van der Waals surface area contributed by atoms with Crippen molar-refractivity contribution < 1.29 is 4.79 Å². The third-order valence-corrected chi connectivity index (χ3v) is 4.04. The summed E-state index contributed by atoms with van der Waals surface area (Å²) in [6.45, 7) is 1.93. The van der Waals surface area contributed by atoms with E-state index in [0.717, 1.165) is 22.2 Å². The normalized spacial score (nSPS) is 10.7. The number of pyridine rings is 1. The number of fused-ring (bicyclic) bond motifs is 1. The van der Waals surface area contributed by atoms with Gasteiger partial charge in [0.1, 0.15) is 6.54 Å². The minimum Gasteiger partial charge on any atom is -0.314 e. The predicted octanol–water partition coefficient (Wildman–Crippen LogP) is 2.97. The maximum atomic E-state index is 12.6. The molecule has 23 heavy (non-hydrogen) atoms. The number of anilines is 1. The van der Waals surface area contributed by atoms with Crippen LogP contribution < -0.4 is 10.5 Å². The van der Waals surface area contributed by atoms with Gasteiger partial charge in [0.25, 0.3) is 5.56 Å². The molecular weight excluding hydrogens is 288 g/mol. The molecule has 1 heterocycles. The minimum absolute atomic E-state index is 0.0189. The van der Waals surface area contributed by atoms with Gasteiger partial charge in [-0.2, -0.15) is 0 Å². The van der Waals surface area contributed by atoms with E-state index in [2.05, 4.69) is 0 Å². The number of hydrogen-bond acceptors (Lipinski definition) is 2. The summed E-state index contributed by atoms with van der Waals surface area (Å²) in [6.07, 6.45) is 0. The van der Waals surface area contributed by atoms with E-state index in [1.807, 2.05) is 61.5 Å². The molecule has 0 bridgehead atoms. The molecule has 3 aromatic rings. The Balaban J connectivity index is 1.99. The van der Waals surface area contributed by atoms with Crippen LogP contribution in [0.5, 0.6) is 0 Å². The molecule has 0 saturated carbocycles. The van der Waals surface area contributed by atoms with Crippen LogP contribution in [-0.4, -0.2) is 17.5 Å². The van der Waals surface area contributed by atoms with Crippen LogP contribution >= 0.6 is 0 Å². The Bertz CT molecular complexity index is 914. The van der Waals surface area contributed by atoms with Crippen LogP contribution in [0.25, 0.3) is 10.9 Å². The Morgan fingerprint density at radius 2 is 1.70 bits per heavy atom. The molecule has 2 aromatic carbocycles. The van der Waals surface area contributed by atoms with Crippen LogP contribution in [-0.2, 0) is 11.3 Å². The molecule has 3 rings (SSSR count). The number of aryl methyl sites for hydroxylation is 1. The summed E-state index contributed by atoms with van der Waals surface area (Å²) in [4.78, 5) is 26.5. The highest BCUT2D eigenvalue weighted by molar-refractivity contribution is 5.93. The van der Waals surface area contributed by atoms with Crippen molar-refractivity contribution in [3.63, 3.8) is 0 Å². The Kier molecular flexibility index (Phi) is 3.98. The fourth-order valence-corrected chi connectivity index (χ4v) is 2.70. The van der Waals surface area contributed by atoms with E-state index in [9.17, 15) is 9.59 Å². The topological polar surface area (TPSA) is 42.3 Å². The highest BCUT2D eigenvalue weighted by Crippen LogP contribution is 2.17. The molecule has 0 N–H and O–H groups in total. The lowest BCUT2D eigenvalue weighted by Crippen LogP contribution is -2.34. The lowest BCUT2D eigenvalue weighted by molar-refractivity contribution is -0.118. The first-order valence-corrected chi connectivity index (χ1v) is 7.49. The second kappa shape index (κ2) is 6.08. The number of likely N-dealkylation sites (N-methyl/N-ethyl adjacent to an activating group) is 1. The van der Waals surface area contributed by atoms with E-state index in [-0.39, 0.29) is 18.0 Å². The summed E-state index contributed by atoms with van der Waals surface area (Å²) < 4.78 is 1.53. The third-order valence-electron chi connectivity index (χ3n) is 4.04. The molecular formula is C19H18N2O2. The van der Waals surface area contributed by atoms with Gasteiger partial charge in [0.2, 0.25) is 5.91 Å². The molecule has 0 atom stereocenters. The first kappa shape index (κ1) is 15.0. The molecule has 0 aliphatic carbocycles. The van der Waals surface area contributed by atoms with Crippen molar-refractivity contribution in [3.05, 3.63) is 76.6 Å². The molecule has 116 valence electrons. The van der Waals surface area contributed by atoms with Crippen LogP contribution in [0.2, 0.25) is 0 Å². The number of aromatic nitrogens is 1. The number of benzene rings is 2. The van der Waals surface area contributed by atoms with Crippen molar-refractivity contribution in [2.24, 2.45) is 0 Å². The van der Waals surface area contributed by atoms with Gasteiger partial charge in [-0.3, -0.25) is 14.2 Å². The molecule has 1 aromatic heterocycles. The second-order valence-electron chi connectivity index (χ2n) is 5.56. The van der Waals surface area contributed by atoms with Gasteiger partial charge in [0, 0.05) is 24.2 Å². The maximum Gasteiger partial charge on any atom is 0.251 e. The van der Waals surface area contributed by atoms with E-state index >= 15 is 0 Å². The van der Waals surface area contributed by atoms with E-state index in [1.54, 1.807) is 18.0 Å². The fraction of sp³-hybridized carbons (Fsp3) is 0.158. The SMILES string of the molecule is Cc1cc(=O)n(CC(=O)N(C)c2ccccc2)c2ccccc12. The Hall–Kier alpha value is -2.88. The second-order valence-corrected chi connectivity index (χ2v) is 5.56. The highest BCUT2D eigenvalue weighted by atomic mass is 16.2. The van der Waals surface area contributed by atoms with Crippen LogP contribution in [0.3, 0.4) is 0 Å². The van der Waals surface area contributed by atoms with Gasteiger partial charge in [-0.15, -0.1) is 0 Å². The molecule has 0 saturated heterocycles. The van der Waals surface area contributed by atoms with Gasteiger partial charge in [-0.25, -0.2) is 0 Å². The standard InChI is InChI=1S/C19H18N2O2/c1-14-12-18(22)21(17-11-7-6-10-16(14)17)13-19(23)20(2)15-8-4-3-5-9-15/h3-12H,13H2,1-2H3. The van der Waals surface area contributed by atoms with Crippen LogP contribution in [0, 0.1) is 6.92 Å². The first-order chi connectivity index (χ1) is 11.1. The van der Waals surface area contributed by atoms with Crippen LogP contribution in [0.15, 0.2) is 65.5 Å². The summed E-state index contributed by atoms with van der Waals surface area (Å²) in [5.41, 5.74) is 2.36. The molecule has 4 nitrogen and oxygen atoms in total. The third kappa shape index (κ3) is 2.88. The van der Waals surface area contributed by atoms with E-state index in [1.165, 1.54) is 4.57 Å². The zero-order chi connectivity index (χ0) is 16.4. The fourth-order valence-electron chi connectivity index (χ4n) is 2.70. The number of amides is 1. The van der Waals surface area contributed by atoms with Crippen molar-refractivity contribution in [2.75, 3.05) is 11.9 Å². The molecule has 1 amide bonds. The van der Waals surface area contributed by atoms with Gasteiger partial charge < -0.3 is 4.90 Å². The van der Waals surface area contributed by atoms with Crippen molar-refractivity contribution in [1.82, 2.24) is 4.57 Å². The quantitative estimate of drug-likeness (QED) is 0.746. The molecule has 4 heteroatoms. The smallest absolute Gasteiger partial charge is 0.251 e. The number of rotatable bonds is 3. The lowest BCUT2D eigenvalue weighted by atomic mass is 10.1. The number of carbonyl (C=O) groups is 1. The number of carbonyl (C=O) groups excluding carboxylic acids is 1. The number of hydrogen-bond donors (Lipinski definition) is 0. The molecule has 0 aliphatic heterocycles. The molecule has 0 unspecified atom stereocenters. The summed E-state index contributed by atoms with van der Waals surface area (Å²) in [7, 11) is 1.72. The van der Waals surface area contributed by atoms with E-state index in [0.29, 0.717) is 0 Å². The van der Waals surface area contributed by atoms with Crippen molar-refractivity contribution in [2.45, 2.75) is 13.5 Å². The monoisotopic (exact) mass is 306 g/mol. The van der Waals surface area contributed by atoms with Gasteiger partial charge in [-0.1, -0.05) is 36.4 Å². The van der Waals surface area contributed by atoms with Gasteiger partial charge in [-0.05, 0) is 30.7 Å². The molecule has 0 spiro atoms. The summed E-state index contributed by atoms with van der Waals surface area (Å²) in [6, 6.07) is 18.6. The van der Waals surface area contributed by atoms with Crippen molar-refractivity contribution in [1.29, 1.82) is 0 Å². The lowest BCUT2D eigenvalue weighted by Gasteiger charge is -2.19. The number of nitrogens with zero attached hydrogens (tertiary/aromatic N) is 2. The Morgan fingerprint density at radius 3 is 2.43 bits per heavy atom. The average molecular weight is 306 g/mol. The maximum absolute atomic E-state index is 12.6. The van der Waals surface area contributed by atoms with E-state index < -0.39 is 0 Å². The predicted molar refractivity (Wildman–Crippen MR) is 92.8 cm³/mol. The zero-order valence-electron chi connectivity index (χ0n) is 13.2. The van der Waals surface area contributed by atoms with Gasteiger partial charge in [0.15, 0.2) is 0 Å². The van der Waals surface area contributed by atoms with Crippen molar-refractivity contribution in [3.8, 4) is 0 Å². The van der Waals surface area contributed by atoms with Gasteiger partial charge >= 0.3 is 0 Å². The summed E-state index contributed by atoms with van der Waals surface area (Å²) in [5, 5.41) is 0.988. The molecule has 0 radical (unpaired) electrons. The minimum atomic E-state index is -0.156. The largest absolute Gasteiger partial charge is 0.314 e. The van der Waals surface area contributed by atoms with Crippen LogP contribution in [0.4, 0.5) is 5.69 Å². The highest BCUT2D eigenvalue weighted by Gasteiger charge is 2.14. The zero-order valence-corrected chi connectivity index (χ0v) is 13.2.